The Morgan fingerprint density at radius 1 is 1.10 bits per heavy atom. The van der Waals surface area contributed by atoms with Crippen molar-refractivity contribution in [2.45, 2.75) is 76.6 Å². The molecule has 2 aromatic carbocycles. The van der Waals surface area contributed by atoms with Gasteiger partial charge in [-0.05, 0) is 58.4 Å². The summed E-state index contributed by atoms with van der Waals surface area (Å²) in [5, 5.41) is 2.62. The normalized spacial score (nSPS) is 22.5. The highest BCUT2D eigenvalue weighted by Gasteiger charge is 2.56. The molecule has 1 aliphatic heterocycles. The Bertz CT molecular complexity index is 1970. The Hall–Kier alpha value is -3.99. The van der Waals surface area contributed by atoms with E-state index in [2.05, 4.69) is 24.8 Å². The number of alkyl halides is 1. The fourth-order valence-electron chi connectivity index (χ4n) is 5.55. The number of aromatic nitrogens is 4. The van der Waals surface area contributed by atoms with Crippen LogP contribution in [0.4, 0.5) is 4.39 Å². The van der Waals surface area contributed by atoms with E-state index >= 15 is 4.39 Å². The zero-order valence-corrected chi connectivity index (χ0v) is 30.8. The lowest BCUT2D eigenvalue weighted by Crippen LogP contribution is -2.42. The molecule has 0 amide bonds. The van der Waals surface area contributed by atoms with Gasteiger partial charge < -0.3 is 18.7 Å². The minimum Gasteiger partial charge on any atom is -0.479 e. The molecular weight excluding hydrogens is 706 g/mol. The second-order valence-electron chi connectivity index (χ2n) is 12.6. The number of carbonyl (C=O) groups is 1. The highest BCUT2D eigenvalue weighted by molar-refractivity contribution is 7.89. The quantitative estimate of drug-likeness (QED) is 0.117. The van der Waals surface area contributed by atoms with E-state index in [1.54, 1.807) is 63.2 Å². The number of rotatable bonds is 16. The van der Waals surface area contributed by atoms with Gasteiger partial charge in [-0.2, -0.15) is 10.1 Å². The molecule has 0 bridgehead atoms. The molecular formula is C33H42FN6O9PS. The first-order valence-corrected chi connectivity index (χ1v) is 19.2. The molecule has 3 unspecified atom stereocenters. The van der Waals surface area contributed by atoms with Crippen molar-refractivity contribution < 1.29 is 45.4 Å². The Morgan fingerprint density at radius 2 is 1.80 bits per heavy atom. The van der Waals surface area contributed by atoms with E-state index in [9.17, 15) is 17.8 Å². The molecule has 1 aliphatic rings. The van der Waals surface area contributed by atoms with Gasteiger partial charge in [0.15, 0.2) is 23.6 Å². The minimum atomic E-state index is -4.37. The number of para-hydroxylation sites is 1. The van der Waals surface area contributed by atoms with Gasteiger partial charge in [0.2, 0.25) is 15.9 Å². The molecule has 0 aliphatic carbocycles. The van der Waals surface area contributed by atoms with Crippen molar-refractivity contribution in [3.05, 3.63) is 72.8 Å². The van der Waals surface area contributed by atoms with E-state index in [1.807, 2.05) is 6.92 Å². The number of nitrogens with one attached hydrogen (secondary N) is 2. The molecule has 5 rings (SSSR count). The Morgan fingerprint density at radius 3 is 2.47 bits per heavy atom. The molecule has 1 fully saturated rings. The fourth-order valence-corrected chi connectivity index (χ4v) is 8.08. The van der Waals surface area contributed by atoms with Crippen LogP contribution in [0.5, 0.6) is 11.6 Å². The van der Waals surface area contributed by atoms with E-state index < -0.39 is 66.4 Å². The van der Waals surface area contributed by atoms with Crippen molar-refractivity contribution >= 4 is 34.9 Å². The van der Waals surface area contributed by atoms with Crippen LogP contribution in [0.15, 0.2) is 72.1 Å². The van der Waals surface area contributed by atoms with Gasteiger partial charge in [-0.1, -0.05) is 42.8 Å². The topological polar surface area (TPSA) is 182 Å². The first-order valence-electron chi connectivity index (χ1n) is 16.2. The highest BCUT2D eigenvalue weighted by atomic mass is 32.2. The number of imidazole rings is 1. The maximum atomic E-state index is 16.9. The van der Waals surface area contributed by atoms with Crippen molar-refractivity contribution in [3.63, 3.8) is 0 Å². The minimum absolute atomic E-state index is 0.0594. The van der Waals surface area contributed by atoms with Crippen molar-refractivity contribution in [3.8, 4) is 11.6 Å². The van der Waals surface area contributed by atoms with Crippen LogP contribution in [0.2, 0.25) is 0 Å². The van der Waals surface area contributed by atoms with Gasteiger partial charge in [-0.25, -0.2) is 32.1 Å². The second kappa shape index (κ2) is 15.7. The average Bonchev–Trinajstić information content (AvgIpc) is 3.62. The number of aryl methyl sites for hydroxylation is 1. The van der Waals surface area contributed by atoms with Gasteiger partial charge >= 0.3 is 13.7 Å². The van der Waals surface area contributed by atoms with E-state index in [4.69, 9.17) is 23.3 Å². The number of carbonyl (C=O) groups excluding carboxylic acids is 1. The average molecular weight is 749 g/mol. The summed E-state index contributed by atoms with van der Waals surface area (Å²) < 4.78 is 89.8. The number of nitrogens with zero attached hydrogens (tertiary/aromatic N) is 4. The SMILES string of the molecule is COc1ncnc2c1ncn2[C@@H]1O[C@H](COP(=O)(N[C@@H](C)C(=O)OC(C)C)Oc2ccccc2)C(C)(CCNS(=O)(=O)c2ccc(C)cc2)C1F. The van der Waals surface area contributed by atoms with Crippen LogP contribution in [-0.4, -0.2) is 78.6 Å². The molecule has 0 saturated carbocycles. The summed E-state index contributed by atoms with van der Waals surface area (Å²) >= 11 is 0. The molecule has 1 saturated heterocycles. The lowest BCUT2D eigenvalue weighted by molar-refractivity contribution is -0.149. The van der Waals surface area contributed by atoms with Crippen molar-refractivity contribution in [1.29, 1.82) is 0 Å². The summed E-state index contributed by atoms with van der Waals surface area (Å²) in [4.78, 5) is 25.3. The Kier molecular flexibility index (Phi) is 11.8. The fraction of sp³-hybridized carbons (Fsp3) is 0.455. The standard InChI is InChI=1S/C33H42FN6O9PS/c1-21(2)47-32(41)23(4)39-50(42,49-24-10-8-7-9-11-24)46-18-26-33(5,16-17-38-51(43,44)25-14-12-22(3)13-15-25)28(34)31(48-26)40-20-37-27-29(40)35-19-36-30(27)45-6/h7-15,19-21,23,26,28,31,38H,16-18H2,1-6H3,(H,39,42)/t23-,26+,28?,31+,33?,50?/m0/s1. The smallest absolute Gasteiger partial charge is 0.459 e. The lowest BCUT2D eigenvalue weighted by Gasteiger charge is -2.32. The number of halogens is 1. The maximum absolute atomic E-state index is 16.9. The first-order chi connectivity index (χ1) is 24.2. The third kappa shape index (κ3) is 8.73. The van der Waals surface area contributed by atoms with Gasteiger partial charge in [0.25, 0.3) is 0 Å². The lowest BCUT2D eigenvalue weighted by atomic mass is 9.78. The van der Waals surface area contributed by atoms with Gasteiger partial charge in [0.1, 0.15) is 18.1 Å². The number of hydrogen-bond acceptors (Lipinski definition) is 12. The summed E-state index contributed by atoms with van der Waals surface area (Å²) in [6, 6.07) is 13.4. The number of methoxy groups -OCH3 is 1. The molecule has 0 radical (unpaired) electrons. The molecule has 18 heteroatoms. The summed E-state index contributed by atoms with van der Waals surface area (Å²) in [5.74, 6) is -0.338. The molecule has 4 aromatic rings. The van der Waals surface area contributed by atoms with Gasteiger partial charge in [0.05, 0.1) is 37.1 Å². The number of benzene rings is 2. The number of ether oxygens (including phenoxy) is 3. The predicted octanol–water partition coefficient (Wildman–Crippen LogP) is 4.89. The molecule has 15 nitrogen and oxygen atoms in total. The third-order valence-electron chi connectivity index (χ3n) is 8.42. The van der Waals surface area contributed by atoms with E-state index in [1.165, 1.54) is 43.4 Å². The number of esters is 1. The van der Waals surface area contributed by atoms with Crippen molar-refractivity contribution in [2.24, 2.45) is 5.41 Å². The molecule has 6 atom stereocenters. The second-order valence-corrected chi connectivity index (χ2v) is 16.1. The first kappa shape index (κ1) is 38.2. The van der Waals surface area contributed by atoms with Crippen LogP contribution < -0.4 is 19.1 Å². The zero-order chi connectivity index (χ0) is 37.0. The van der Waals surface area contributed by atoms with E-state index in [0.29, 0.717) is 0 Å². The van der Waals surface area contributed by atoms with Crippen LogP contribution in [0.3, 0.4) is 0 Å². The molecule has 51 heavy (non-hydrogen) atoms. The van der Waals surface area contributed by atoms with Gasteiger partial charge in [-0.15, -0.1) is 0 Å². The largest absolute Gasteiger partial charge is 0.479 e. The van der Waals surface area contributed by atoms with Crippen molar-refractivity contribution in [1.82, 2.24) is 29.3 Å². The predicted molar refractivity (Wildman–Crippen MR) is 184 cm³/mol. The molecule has 0 spiro atoms. The summed E-state index contributed by atoms with van der Waals surface area (Å²) in [6.07, 6.45) is -2.14. The maximum Gasteiger partial charge on any atom is 0.459 e. The van der Waals surface area contributed by atoms with Crippen LogP contribution in [0, 0.1) is 12.3 Å². The third-order valence-corrected chi connectivity index (χ3v) is 11.5. The molecule has 2 N–H and O–H groups in total. The van der Waals surface area contributed by atoms with E-state index in [0.717, 1.165) is 5.56 Å². The summed E-state index contributed by atoms with van der Waals surface area (Å²) in [6.45, 7) is 7.55. The monoisotopic (exact) mass is 748 g/mol. The van der Waals surface area contributed by atoms with Gasteiger partial charge in [-0.3, -0.25) is 13.9 Å². The molecule has 276 valence electrons. The molecule has 2 aromatic heterocycles. The van der Waals surface area contributed by atoms with Crippen LogP contribution in [0.1, 0.15) is 45.9 Å². The zero-order valence-electron chi connectivity index (χ0n) is 29.1. The van der Waals surface area contributed by atoms with Gasteiger partial charge in [0, 0.05) is 12.0 Å². The Balaban J connectivity index is 1.43. The van der Waals surface area contributed by atoms with Crippen molar-refractivity contribution in [2.75, 3.05) is 20.3 Å². The van der Waals surface area contributed by atoms with Crippen LogP contribution in [-0.2, 0) is 33.4 Å². The number of sulfonamides is 1. The summed E-state index contributed by atoms with van der Waals surface area (Å²) in [7, 11) is -6.89. The molecule has 3 heterocycles. The number of hydrogen-bond donors (Lipinski definition) is 2. The van der Waals surface area contributed by atoms with E-state index in [-0.39, 0.29) is 40.7 Å². The number of fused-ring (bicyclic) bond motifs is 1. The highest BCUT2D eigenvalue weighted by Crippen LogP contribution is 2.51. The summed E-state index contributed by atoms with van der Waals surface area (Å²) in [5.41, 5.74) is -0.0394. The van der Waals surface area contributed by atoms with Crippen LogP contribution >= 0.6 is 7.75 Å². The van der Waals surface area contributed by atoms with Crippen LogP contribution in [0.25, 0.3) is 11.2 Å². The Labute approximate surface area is 295 Å².